The van der Waals surface area contributed by atoms with Gasteiger partial charge in [-0.1, -0.05) is 18.2 Å². The Morgan fingerprint density at radius 2 is 1.54 bits per heavy atom. The lowest BCUT2D eigenvalue weighted by atomic mass is 10.1. The zero-order chi connectivity index (χ0) is 19.5. The maximum Gasteiger partial charge on any atom is 0.337 e. The Balaban J connectivity index is 1.51. The van der Waals surface area contributed by atoms with E-state index in [0.29, 0.717) is 29.8 Å². The summed E-state index contributed by atoms with van der Waals surface area (Å²) in [5, 5.41) is 0. The zero-order valence-electron chi connectivity index (χ0n) is 15.4. The first-order chi connectivity index (χ1) is 13.7. The number of carbonyl (C=O) groups excluding carboxylic acids is 2. The molecule has 4 rings (SSSR count). The van der Waals surface area contributed by atoms with E-state index in [-0.39, 0.29) is 11.9 Å². The highest BCUT2D eigenvalue weighted by molar-refractivity contribution is 6.07. The number of esters is 1. The van der Waals surface area contributed by atoms with Crippen LogP contribution in [0.25, 0.3) is 0 Å². The van der Waals surface area contributed by atoms with Crippen LogP contribution in [-0.2, 0) is 11.2 Å². The van der Waals surface area contributed by atoms with E-state index in [9.17, 15) is 9.59 Å². The highest BCUT2D eigenvalue weighted by atomic mass is 16.5. The highest BCUT2D eigenvalue weighted by Crippen LogP contribution is 2.31. The molecule has 1 aliphatic heterocycles. The van der Waals surface area contributed by atoms with E-state index in [0.717, 1.165) is 17.0 Å². The van der Waals surface area contributed by atoms with Gasteiger partial charge < -0.3 is 14.4 Å². The summed E-state index contributed by atoms with van der Waals surface area (Å²) in [5.41, 5.74) is 2.89. The van der Waals surface area contributed by atoms with Crippen LogP contribution in [-0.4, -0.2) is 25.5 Å². The van der Waals surface area contributed by atoms with Crippen LogP contribution in [0.15, 0.2) is 72.8 Å². The lowest BCUT2D eigenvalue weighted by Crippen LogP contribution is -2.28. The normalized spacial score (nSPS) is 12.4. The number of nitrogens with zero attached hydrogens (tertiary/aromatic N) is 1. The van der Waals surface area contributed by atoms with E-state index in [1.165, 1.54) is 7.11 Å². The van der Waals surface area contributed by atoms with E-state index in [1.807, 2.05) is 30.3 Å². The lowest BCUT2D eigenvalue weighted by Gasteiger charge is -2.18. The Labute approximate surface area is 163 Å². The minimum absolute atomic E-state index is 0.0733. The van der Waals surface area contributed by atoms with Gasteiger partial charge in [-0.25, -0.2) is 4.79 Å². The van der Waals surface area contributed by atoms with Gasteiger partial charge in [-0.05, 0) is 66.6 Å². The molecule has 5 heteroatoms. The Bertz CT molecular complexity index is 1010. The van der Waals surface area contributed by atoms with E-state index in [1.54, 1.807) is 47.4 Å². The molecule has 0 N–H and O–H groups in total. The number of para-hydroxylation sites is 1. The van der Waals surface area contributed by atoms with Gasteiger partial charge in [0.05, 0.1) is 12.7 Å². The summed E-state index contributed by atoms with van der Waals surface area (Å²) >= 11 is 0. The summed E-state index contributed by atoms with van der Waals surface area (Å²) < 4.78 is 10.5. The van der Waals surface area contributed by atoms with Crippen molar-refractivity contribution in [3.63, 3.8) is 0 Å². The SMILES string of the molecule is COC(=O)c1ccc2c(c1)CCN2C(=O)c1ccc(Oc2ccccc2)cc1. The predicted molar refractivity (Wildman–Crippen MR) is 106 cm³/mol. The van der Waals surface area contributed by atoms with Crippen molar-refractivity contribution in [3.05, 3.63) is 89.5 Å². The molecule has 0 bridgehead atoms. The summed E-state index contributed by atoms with van der Waals surface area (Å²) in [5.74, 6) is 0.973. The summed E-state index contributed by atoms with van der Waals surface area (Å²) in [6.45, 7) is 0.584. The largest absolute Gasteiger partial charge is 0.465 e. The van der Waals surface area contributed by atoms with Gasteiger partial charge in [-0.2, -0.15) is 0 Å². The molecule has 0 saturated carbocycles. The first-order valence-corrected chi connectivity index (χ1v) is 9.02. The molecular formula is C23H19NO4. The third-order valence-electron chi connectivity index (χ3n) is 4.72. The number of carbonyl (C=O) groups is 2. The molecule has 1 aliphatic rings. The van der Waals surface area contributed by atoms with Gasteiger partial charge in [0.15, 0.2) is 0 Å². The van der Waals surface area contributed by atoms with Crippen molar-refractivity contribution in [1.82, 2.24) is 0 Å². The van der Waals surface area contributed by atoms with Crippen LogP contribution in [0.3, 0.4) is 0 Å². The molecule has 28 heavy (non-hydrogen) atoms. The van der Waals surface area contributed by atoms with Crippen molar-refractivity contribution >= 4 is 17.6 Å². The van der Waals surface area contributed by atoms with Gasteiger partial charge in [0.1, 0.15) is 11.5 Å². The van der Waals surface area contributed by atoms with Gasteiger partial charge in [-0.15, -0.1) is 0 Å². The fraction of sp³-hybridized carbons (Fsp3) is 0.130. The number of methoxy groups -OCH3 is 1. The van der Waals surface area contributed by atoms with Crippen molar-refractivity contribution in [2.45, 2.75) is 6.42 Å². The molecule has 0 unspecified atom stereocenters. The summed E-state index contributed by atoms with van der Waals surface area (Å²) in [4.78, 5) is 26.4. The standard InChI is InChI=1S/C23H19NO4/c1-27-23(26)18-9-12-21-17(15-18)13-14-24(21)22(25)16-7-10-20(11-8-16)28-19-5-3-2-4-6-19/h2-12,15H,13-14H2,1H3. The Morgan fingerprint density at radius 1 is 0.857 bits per heavy atom. The molecule has 0 spiro atoms. The smallest absolute Gasteiger partial charge is 0.337 e. The molecule has 0 aromatic heterocycles. The molecule has 3 aromatic rings. The van der Waals surface area contributed by atoms with Crippen molar-refractivity contribution in [1.29, 1.82) is 0 Å². The third kappa shape index (κ3) is 3.47. The van der Waals surface area contributed by atoms with E-state index in [4.69, 9.17) is 9.47 Å². The molecular weight excluding hydrogens is 354 g/mol. The number of amides is 1. The quantitative estimate of drug-likeness (QED) is 0.633. The Kier molecular flexibility index (Phi) is 4.81. The molecule has 5 nitrogen and oxygen atoms in total. The average molecular weight is 373 g/mol. The van der Waals surface area contributed by atoms with Gasteiger partial charge in [0.2, 0.25) is 0 Å². The lowest BCUT2D eigenvalue weighted by molar-refractivity contribution is 0.0600. The summed E-state index contributed by atoms with van der Waals surface area (Å²) in [6, 6.07) is 21.9. The van der Waals surface area contributed by atoms with E-state index >= 15 is 0 Å². The van der Waals surface area contributed by atoms with Crippen molar-refractivity contribution < 1.29 is 19.1 Å². The van der Waals surface area contributed by atoms with Crippen LogP contribution in [0.4, 0.5) is 5.69 Å². The number of anilines is 1. The topological polar surface area (TPSA) is 55.8 Å². The van der Waals surface area contributed by atoms with Crippen molar-refractivity contribution in [2.75, 3.05) is 18.6 Å². The Morgan fingerprint density at radius 3 is 2.25 bits per heavy atom. The number of hydrogen-bond acceptors (Lipinski definition) is 4. The number of ether oxygens (including phenoxy) is 2. The van der Waals surface area contributed by atoms with Crippen LogP contribution in [0.5, 0.6) is 11.5 Å². The Hall–Kier alpha value is -3.60. The molecule has 1 heterocycles. The molecule has 0 saturated heterocycles. The van der Waals surface area contributed by atoms with Crippen LogP contribution >= 0.6 is 0 Å². The number of benzene rings is 3. The maximum atomic E-state index is 12.9. The number of fused-ring (bicyclic) bond motifs is 1. The van der Waals surface area contributed by atoms with Gasteiger partial charge in [0, 0.05) is 17.8 Å². The van der Waals surface area contributed by atoms with Crippen LogP contribution in [0.1, 0.15) is 26.3 Å². The summed E-state index contributed by atoms with van der Waals surface area (Å²) in [6.07, 6.45) is 0.709. The molecule has 140 valence electrons. The van der Waals surface area contributed by atoms with Crippen molar-refractivity contribution in [2.24, 2.45) is 0 Å². The van der Waals surface area contributed by atoms with Gasteiger partial charge in [0.25, 0.3) is 5.91 Å². The molecule has 0 fully saturated rings. The van der Waals surface area contributed by atoms with E-state index in [2.05, 4.69) is 0 Å². The zero-order valence-corrected chi connectivity index (χ0v) is 15.4. The summed E-state index contributed by atoms with van der Waals surface area (Å²) in [7, 11) is 1.36. The monoisotopic (exact) mass is 373 g/mol. The number of rotatable bonds is 4. The fourth-order valence-electron chi connectivity index (χ4n) is 3.30. The van der Waals surface area contributed by atoms with E-state index < -0.39 is 0 Å². The maximum absolute atomic E-state index is 12.9. The minimum atomic E-state index is -0.374. The van der Waals surface area contributed by atoms with Crippen LogP contribution in [0.2, 0.25) is 0 Å². The first-order valence-electron chi connectivity index (χ1n) is 9.02. The van der Waals surface area contributed by atoms with Gasteiger partial charge in [-0.3, -0.25) is 4.79 Å². The average Bonchev–Trinajstić information content (AvgIpc) is 3.17. The second-order valence-electron chi connectivity index (χ2n) is 6.48. The second-order valence-corrected chi connectivity index (χ2v) is 6.48. The van der Waals surface area contributed by atoms with Crippen molar-refractivity contribution in [3.8, 4) is 11.5 Å². The van der Waals surface area contributed by atoms with Gasteiger partial charge >= 0.3 is 5.97 Å². The molecule has 0 aliphatic carbocycles. The number of hydrogen-bond donors (Lipinski definition) is 0. The third-order valence-corrected chi connectivity index (χ3v) is 4.72. The molecule has 0 atom stereocenters. The highest BCUT2D eigenvalue weighted by Gasteiger charge is 2.26. The minimum Gasteiger partial charge on any atom is -0.465 e. The first kappa shape index (κ1) is 17.8. The second kappa shape index (κ2) is 7.56. The van der Waals surface area contributed by atoms with Crippen LogP contribution < -0.4 is 9.64 Å². The fourth-order valence-corrected chi connectivity index (χ4v) is 3.30. The predicted octanol–water partition coefficient (Wildman–Crippen LogP) is 4.47. The molecule has 0 radical (unpaired) electrons. The molecule has 3 aromatic carbocycles. The van der Waals surface area contributed by atoms with Crippen LogP contribution in [0, 0.1) is 0 Å². The molecule has 1 amide bonds.